The van der Waals surface area contributed by atoms with Crippen LogP contribution >= 0.6 is 0 Å². The highest BCUT2D eigenvalue weighted by Gasteiger charge is 2.37. The van der Waals surface area contributed by atoms with E-state index in [2.05, 4.69) is 16.9 Å². The molecule has 2 aliphatic rings. The van der Waals surface area contributed by atoms with Crippen LogP contribution in [0.2, 0.25) is 0 Å². The van der Waals surface area contributed by atoms with Crippen LogP contribution < -0.4 is 5.32 Å². The second kappa shape index (κ2) is 11.2. The zero-order valence-corrected chi connectivity index (χ0v) is 18.6. The normalized spacial score (nSPS) is 19.1. The number of allylic oxidation sites excluding steroid dienone is 4. The van der Waals surface area contributed by atoms with Crippen LogP contribution in [0.15, 0.2) is 60.5 Å². The molecule has 6 heteroatoms. The number of aromatic nitrogens is 1. The molecule has 0 aliphatic heterocycles. The lowest BCUT2D eigenvalue weighted by atomic mass is 10.1. The Bertz CT molecular complexity index is 999. The minimum atomic E-state index is 0.00839. The van der Waals surface area contributed by atoms with Crippen molar-refractivity contribution in [3.8, 4) is 6.07 Å². The standard InChI is InChI=1S/C26H30N4O2/c1-3-19(16-27)7-5-6-8-25(31)30(4-2)12-10-21-14-24(21)18-29-26(32)22-13-20-9-11-28-17-23(20)15-22/h3,5-7,9,11,15,17,21,24H,1,4,8,10,12-14,18H2,2H3,(H,29,32)/b6-5+,19-7+. The second-order valence-electron chi connectivity index (χ2n) is 8.22. The molecule has 2 aliphatic carbocycles. The highest BCUT2D eigenvalue weighted by Crippen LogP contribution is 2.40. The molecule has 0 saturated heterocycles. The largest absolute Gasteiger partial charge is 0.352 e. The number of pyridine rings is 1. The second-order valence-corrected chi connectivity index (χ2v) is 8.22. The van der Waals surface area contributed by atoms with Gasteiger partial charge in [0.05, 0.1) is 11.6 Å². The highest BCUT2D eigenvalue weighted by atomic mass is 16.2. The maximum absolute atomic E-state index is 12.5. The van der Waals surface area contributed by atoms with Gasteiger partial charge < -0.3 is 10.2 Å². The van der Waals surface area contributed by atoms with Gasteiger partial charge in [0.2, 0.25) is 11.8 Å². The van der Waals surface area contributed by atoms with Crippen molar-refractivity contribution in [2.24, 2.45) is 11.8 Å². The first kappa shape index (κ1) is 23.2. The Balaban J connectivity index is 1.35. The third-order valence-electron chi connectivity index (χ3n) is 6.10. The van der Waals surface area contributed by atoms with E-state index < -0.39 is 0 Å². The van der Waals surface area contributed by atoms with Gasteiger partial charge in [0.15, 0.2) is 0 Å². The number of rotatable bonds is 11. The number of nitrogens with one attached hydrogen (secondary N) is 1. The smallest absolute Gasteiger partial charge is 0.247 e. The fourth-order valence-corrected chi connectivity index (χ4v) is 3.97. The first-order chi connectivity index (χ1) is 15.5. The first-order valence-corrected chi connectivity index (χ1v) is 11.1. The molecule has 1 N–H and O–H groups in total. The van der Waals surface area contributed by atoms with Crippen molar-refractivity contribution in [2.45, 2.75) is 32.6 Å². The van der Waals surface area contributed by atoms with Gasteiger partial charge in [-0.2, -0.15) is 5.26 Å². The molecule has 0 aromatic carbocycles. The van der Waals surface area contributed by atoms with E-state index in [1.54, 1.807) is 30.6 Å². The maximum Gasteiger partial charge on any atom is 0.247 e. The number of carbonyl (C=O) groups is 2. The molecule has 2 unspecified atom stereocenters. The van der Waals surface area contributed by atoms with Gasteiger partial charge in [0, 0.05) is 50.4 Å². The predicted octanol–water partition coefficient (Wildman–Crippen LogP) is 3.59. The molecule has 1 fully saturated rings. The van der Waals surface area contributed by atoms with E-state index >= 15 is 0 Å². The lowest BCUT2D eigenvalue weighted by Crippen LogP contribution is -2.32. The summed E-state index contributed by atoms with van der Waals surface area (Å²) < 4.78 is 0. The van der Waals surface area contributed by atoms with Gasteiger partial charge in [-0.15, -0.1) is 0 Å². The van der Waals surface area contributed by atoms with E-state index in [4.69, 9.17) is 5.26 Å². The number of nitrogens with zero attached hydrogens (tertiary/aromatic N) is 3. The summed E-state index contributed by atoms with van der Waals surface area (Å²) >= 11 is 0. The molecule has 6 nitrogen and oxygen atoms in total. The monoisotopic (exact) mass is 430 g/mol. The van der Waals surface area contributed by atoms with E-state index in [-0.39, 0.29) is 11.8 Å². The zero-order chi connectivity index (χ0) is 22.9. The summed E-state index contributed by atoms with van der Waals surface area (Å²) in [5, 5.41) is 11.9. The first-order valence-electron chi connectivity index (χ1n) is 11.1. The molecule has 32 heavy (non-hydrogen) atoms. The molecule has 166 valence electrons. The summed E-state index contributed by atoms with van der Waals surface area (Å²) in [6.45, 7) is 7.65. The summed E-state index contributed by atoms with van der Waals surface area (Å²) in [7, 11) is 0. The molecule has 0 spiro atoms. The fraction of sp³-hybridized carbons (Fsp3) is 0.385. The van der Waals surface area contributed by atoms with Crippen LogP contribution in [0.25, 0.3) is 6.08 Å². The van der Waals surface area contributed by atoms with Gasteiger partial charge in [-0.05, 0) is 60.9 Å². The fourth-order valence-electron chi connectivity index (χ4n) is 3.97. The van der Waals surface area contributed by atoms with Gasteiger partial charge in [0.25, 0.3) is 0 Å². The van der Waals surface area contributed by atoms with E-state index in [0.29, 0.717) is 43.3 Å². The Morgan fingerprint density at radius 1 is 1.41 bits per heavy atom. The molecule has 0 bridgehead atoms. The van der Waals surface area contributed by atoms with Crippen molar-refractivity contribution >= 4 is 17.9 Å². The molecular formula is C26H30N4O2. The summed E-state index contributed by atoms with van der Waals surface area (Å²) in [4.78, 5) is 30.9. The summed E-state index contributed by atoms with van der Waals surface area (Å²) in [6.07, 6.45) is 15.1. The SMILES string of the molecule is C=C/C(C#N)=C\C=C\CC(=O)N(CC)CCC1CC1CNC(=O)C1=Cc2cnccc2C1. The minimum Gasteiger partial charge on any atom is -0.352 e. The van der Waals surface area contributed by atoms with Gasteiger partial charge in [0.1, 0.15) is 0 Å². The Labute approximate surface area is 190 Å². The molecule has 2 atom stereocenters. The number of hydrogen-bond acceptors (Lipinski definition) is 4. The summed E-state index contributed by atoms with van der Waals surface area (Å²) in [5.41, 5.74) is 3.45. The van der Waals surface area contributed by atoms with Crippen LogP contribution in [0.5, 0.6) is 0 Å². The van der Waals surface area contributed by atoms with Crippen molar-refractivity contribution in [3.05, 3.63) is 71.6 Å². The van der Waals surface area contributed by atoms with Crippen molar-refractivity contribution < 1.29 is 9.59 Å². The summed E-state index contributed by atoms with van der Waals surface area (Å²) in [5.74, 6) is 1.14. The Kier molecular flexibility index (Phi) is 8.15. The number of carbonyl (C=O) groups excluding carboxylic acids is 2. The molecule has 1 aromatic rings. The van der Waals surface area contributed by atoms with Gasteiger partial charge in [-0.25, -0.2) is 0 Å². The van der Waals surface area contributed by atoms with Crippen LogP contribution in [0.3, 0.4) is 0 Å². The van der Waals surface area contributed by atoms with E-state index in [0.717, 1.165) is 36.1 Å². The van der Waals surface area contributed by atoms with Crippen molar-refractivity contribution in [1.82, 2.24) is 15.2 Å². The number of hydrogen-bond donors (Lipinski definition) is 1. The minimum absolute atomic E-state index is 0.00839. The quantitative estimate of drug-likeness (QED) is 0.429. The van der Waals surface area contributed by atoms with Crippen LogP contribution in [-0.2, 0) is 16.0 Å². The van der Waals surface area contributed by atoms with E-state index in [1.807, 2.05) is 30.0 Å². The third-order valence-corrected chi connectivity index (χ3v) is 6.10. The Morgan fingerprint density at radius 2 is 2.25 bits per heavy atom. The summed E-state index contributed by atoms with van der Waals surface area (Å²) in [6, 6.07) is 3.98. The Morgan fingerprint density at radius 3 is 2.97 bits per heavy atom. The average Bonchev–Trinajstić information content (AvgIpc) is 3.42. The number of amides is 2. The van der Waals surface area contributed by atoms with Crippen LogP contribution in [0, 0.1) is 23.2 Å². The van der Waals surface area contributed by atoms with Crippen molar-refractivity contribution in [2.75, 3.05) is 19.6 Å². The van der Waals surface area contributed by atoms with Crippen molar-refractivity contribution in [1.29, 1.82) is 5.26 Å². The van der Waals surface area contributed by atoms with Crippen LogP contribution in [-0.4, -0.2) is 41.3 Å². The molecule has 0 radical (unpaired) electrons. The number of nitriles is 1. The van der Waals surface area contributed by atoms with Gasteiger partial charge in [-0.3, -0.25) is 14.6 Å². The number of fused-ring (bicyclic) bond motifs is 1. The maximum atomic E-state index is 12.5. The van der Waals surface area contributed by atoms with E-state index in [9.17, 15) is 9.59 Å². The molecule has 2 amide bonds. The van der Waals surface area contributed by atoms with Gasteiger partial charge in [-0.1, -0.05) is 24.8 Å². The molecule has 1 heterocycles. The molecule has 3 rings (SSSR count). The molecular weight excluding hydrogens is 400 g/mol. The predicted molar refractivity (Wildman–Crippen MR) is 125 cm³/mol. The molecule has 1 saturated carbocycles. The average molecular weight is 431 g/mol. The highest BCUT2D eigenvalue weighted by molar-refractivity contribution is 6.00. The molecule has 1 aromatic heterocycles. The van der Waals surface area contributed by atoms with Crippen LogP contribution in [0.4, 0.5) is 0 Å². The third kappa shape index (κ3) is 6.27. The lowest BCUT2D eigenvalue weighted by molar-refractivity contribution is -0.130. The van der Waals surface area contributed by atoms with Gasteiger partial charge >= 0.3 is 0 Å². The van der Waals surface area contributed by atoms with Crippen molar-refractivity contribution in [3.63, 3.8) is 0 Å². The zero-order valence-electron chi connectivity index (χ0n) is 18.6. The topological polar surface area (TPSA) is 86.1 Å². The van der Waals surface area contributed by atoms with Crippen LogP contribution in [0.1, 0.15) is 37.3 Å². The Hall–Kier alpha value is -3.46. The lowest BCUT2D eigenvalue weighted by Gasteiger charge is -2.20. The van der Waals surface area contributed by atoms with E-state index in [1.165, 1.54) is 6.08 Å².